The van der Waals surface area contributed by atoms with Crippen molar-refractivity contribution in [2.45, 2.75) is 13.1 Å². The van der Waals surface area contributed by atoms with Gasteiger partial charge in [-0.3, -0.25) is 0 Å². The Morgan fingerprint density at radius 3 is 2.50 bits per heavy atom. The fourth-order valence-corrected chi connectivity index (χ4v) is 2.03. The molecule has 0 saturated heterocycles. The minimum atomic E-state index is -0.227. The highest BCUT2D eigenvalue weighted by Gasteiger charge is 2.01. The molecule has 18 heavy (non-hydrogen) atoms. The van der Waals surface area contributed by atoms with E-state index in [9.17, 15) is 9.50 Å². The van der Waals surface area contributed by atoms with Crippen LogP contribution in [0.1, 0.15) is 11.1 Å². The van der Waals surface area contributed by atoms with Gasteiger partial charge in [0.05, 0.1) is 0 Å². The molecule has 2 N–H and O–H groups in total. The number of hydrogen-bond donors (Lipinski definition) is 2. The van der Waals surface area contributed by atoms with Crippen LogP contribution in [0.3, 0.4) is 0 Å². The van der Waals surface area contributed by atoms with E-state index in [2.05, 4.69) is 21.2 Å². The molecule has 2 nitrogen and oxygen atoms in total. The summed E-state index contributed by atoms with van der Waals surface area (Å²) in [6.45, 7) is 1.29. The van der Waals surface area contributed by atoms with Gasteiger partial charge in [-0.1, -0.05) is 28.1 Å². The predicted octanol–water partition coefficient (Wildman–Crippen LogP) is 3.58. The number of halogens is 2. The molecule has 0 atom stereocenters. The Bertz CT molecular complexity index is 528. The van der Waals surface area contributed by atoms with Crippen molar-refractivity contribution < 1.29 is 9.50 Å². The van der Waals surface area contributed by atoms with Gasteiger partial charge >= 0.3 is 0 Å². The fourth-order valence-electron chi connectivity index (χ4n) is 1.64. The molecule has 0 amide bonds. The molecule has 0 aliphatic heterocycles. The largest absolute Gasteiger partial charge is 0.508 e. The Balaban J connectivity index is 1.92. The third-order valence-electron chi connectivity index (χ3n) is 2.59. The first-order valence-corrected chi connectivity index (χ1v) is 6.37. The zero-order valence-corrected chi connectivity index (χ0v) is 11.2. The molecule has 2 aromatic rings. The van der Waals surface area contributed by atoms with E-state index in [4.69, 9.17) is 0 Å². The van der Waals surface area contributed by atoms with Crippen LogP contribution in [0.15, 0.2) is 46.9 Å². The maximum Gasteiger partial charge on any atom is 0.123 e. The van der Waals surface area contributed by atoms with E-state index in [1.807, 2.05) is 6.07 Å². The number of benzene rings is 2. The van der Waals surface area contributed by atoms with Crippen LogP contribution >= 0.6 is 15.9 Å². The summed E-state index contributed by atoms with van der Waals surface area (Å²) in [6.07, 6.45) is 0. The molecule has 0 spiro atoms. The summed E-state index contributed by atoms with van der Waals surface area (Å²) in [5.41, 5.74) is 2.00. The van der Waals surface area contributed by atoms with Gasteiger partial charge in [-0.25, -0.2) is 4.39 Å². The number of phenolic OH excluding ortho intramolecular Hbond substituents is 1. The average molecular weight is 310 g/mol. The van der Waals surface area contributed by atoms with E-state index in [1.54, 1.807) is 24.3 Å². The third kappa shape index (κ3) is 3.55. The van der Waals surface area contributed by atoms with Gasteiger partial charge in [0, 0.05) is 17.6 Å². The predicted molar refractivity (Wildman–Crippen MR) is 72.8 cm³/mol. The van der Waals surface area contributed by atoms with Crippen molar-refractivity contribution in [3.63, 3.8) is 0 Å². The molecule has 0 aliphatic rings. The van der Waals surface area contributed by atoms with Gasteiger partial charge in [-0.15, -0.1) is 0 Å². The SMILES string of the molecule is Oc1ccc(Br)c(CNCc2ccc(F)cc2)c1. The number of nitrogens with one attached hydrogen (secondary N) is 1. The first-order chi connectivity index (χ1) is 8.65. The summed E-state index contributed by atoms with van der Waals surface area (Å²) in [7, 11) is 0. The summed E-state index contributed by atoms with van der Waals surface area (Å²) in [4.78, 5) is 0. The number of aromatic hydroxyl groups is 1. The number of hydrogen-bond acceptors (Lipinski definition) is 2. The van der Waals surface area contributed by atoms with Crippen molar-refractivity contribution in [1.82, 2.24) is 5.32 Å². The molecule has 0 unspecified atom stereocenters. The molecule has 0 radical (unpaired) electrons. The molecule has 0 aliphatic carbocycles. The van der Waals surface area contributed by atoms with Gasteiger partial charge in [0.1, 0.15) is 11.6 Å². The lowest BCUT2D eigenvalue weighted by Gasteiger charge is -2.07. The van der Waals surface area contributed by atoms with Gasteiger partial charge < -0.3 is 10.4 Å². The van der Waals surface area contributed by atoms with Crippen LogP contribution in [-0.2, 0) is 13.1 Å². The van der Waals surface area contributed by atoms with Crippen LogP contribution in [0.5, 0.6) is 5.75 Å². The first kappa shape index (κ1) is 13.1. The van der Waals surface area contributed by atoms with E-state index in [1.165, 1.54) is 12.1 Å². The maximum atomic E-state index is 12.7. The van der Waals surface area contributed by atoms with Crippen LogP contribution < -0.4 is 5.32 Å². The summed E-state index contributed by atoms with van der Waals surface area (Å²) >= 11 is 3.43. The monoisotopic (exact) mass is 309 g/mol. The van der Waals surface area contributed by atoms with E-state index < -0.39 is 0 Å². The van der Waals surface area contributed by atoms with Crippen molar-refractivity contribution in [3.8, 4) is 5.75 Å². The lowest BCUT2D eigenvalue weighted by atomic mass is 10.2. The fraction of sp³-hybridized carbons (Fsp3) is 0.143. The highest BCUT2D eigenvalue weighted by molar-refractivity contribution is 9.10. The first-order valence-electron chi connectivity index (χ1n) is 5.58. The summed E-state index contributed by atoms with van der Waals surface area (Å²) < 4.78 is 13.7. The number of rotatable bonds is 4. The highest BCUT2D eigenvalue weighted by Crippen LogP contribution is 2.21. The Morgan fingerprint density at radius 1 is 1.06 bits per heavy atom. The third-order valence-corrected chi connectivity index (χ3v) is 3.36. The van der Waals surface area contributed by atoms with Crippen LogP contribution in [0.25, 0.3) is 0 Å². The highest BCUT2D eigenvalue weighted by atomic mass is 79.9. The lowest BCUT2D eigenvalue weighted by molar-refractivity contribution is 0.474. The Labute approximate surface area is 114 Å². The Morgan fingerprint density at radius 2 is 1.78 bits per heavy atom. The van der Waals surface area contributed by atoms with Gasteiger partial charge in [0.15, 0.2) is 0 Å². The second-order valence-corrected chi connectivity index (χ2v) is 4.86. The van der Waals surface area contributed by atoms with Gasteiger partial charge in [-0.2, -0.15) is 0 Å². The standard InChI is InChI=1S/C14H13BrFNO/c15-14-6-5-13(18)7-11(14)9-17-8-10-1-3-12(16)4-2-10/h1-7,17-18H,8-9H2. The maximum absolute atomic E-state index is 12.7. The summed E-state index contributed by atoms with van der Waals surface area (Å²) in [5.74, 6) is 0.0197. The number of phenols is 1. The van der Waals surface area contributed by atoms with Crippen LogP contribution in [0.2, 0.25) is 0 Å². The van der Waals surface area contributed by atoms with Gasteiger partial charge in [-0.05, 0) is 41.5 Å². The molecule has 0 aromatic heterocycles. The normalized spacial score (nSPS) is 10.6. The summed E-state index contributed by atoms with van der Waals surface area (Å²) in [5, 5.41) is 12.6. The second-order valence-electron chi connectivity index (χ2n) is 4.01. The van der Waals surface area contributed by atoms with E-state index >= 15 is 0 Å². The molecule has 94 valence electrons. The second kappa shape index (κ2) is 5.98. The Hall–Kier alpha value is -1.39. The minimum absolute atomic E-state index is 0.227. The molecule has 2 aromatic carbocycles. The molecular formula is C14H13BrFNO. The van der Waals surface area contributed by atoms with Crippen molar-refractivity contribution >= 4 is 15.9 Å². The molecule has 4 heteroatoms. The van der Waals surface area contributed by atoms with E-state index in [0.29, 0.717) is 13.1 Å². The van der Waals surface area contributed by atoms with Crippen molar-refractivity contribution in [2.75, 3.05) is 0 Å². The van der Waals surface area contributed by atoms with Crippen molar-refractivity contribution in [1.29, 1.82) is 0 Å². The zero-order valence-electron chi connectivity index (χ0n) is 9.66. The molecule has 0 bridgehead atoms. The Kier molecular flexibility index (Phi) is 4.33. The smallest absolute Gasteiger partial charge is 0.123 e. The van der Waals surface area contributed by atoms with Crippen molar-refractivity contribution in [3.05, 3.63) is 63.9 Å². The molecule has 2 rings (SSSR count). The zero-order chi connectivity index (χ0) is 13.0. The van der Waals surface area contributed by atoms with E-state index in [0.717, 1.165) is 15.6 Å². The van der Waals surface area contributed by atoms with Gasteiger partial charge in [0.2, 0.25) is 0 Å². The molecule has 0 heterocycles. The minimum Gasteiger partial charge on any atom is -0.508 e. The topological polar surface area (TPSA) is 32.3 Å². The van der Waals surface area contributed by atoms with Crippen molar-refractivity contribution in [2.24, 2.45) is 0 Å². The van der Waals surface area contributed by atoms with Gasteiger partial charge in [0.25, 0.3) is 0 Å². The quantitative estimate of drug-likeness (QED) is 0.904. The molecule has 0 saturated carbocycles. The average Bonchev–Trinajstić information content (AvgIpc) is 2.36. The molecule has 0 fully saturated rings. The summed E-state index contributed by atoms with van der Waals surface area (Å²) in [6, 6.07) is 11.5. The van der Waals surface area contributed by atoms with Crippen LogP contribution in [0.4, 0.5) is 4.39 Å². The molecular weight excluding hydrogens is 297 g/mol. The van der Waals surface area contributed by atoms with Crippen LogP contribution in [-0.4, -0.2) is 5.11 Å². The van der Waals surface area contributed by atoms with Crippen LogP contribution in [0, 0.1) is 5.82 Å². The van der Waals surface area contributed by atoms with E-state index in [-0.39, 0.29) is 11.6 Å². The lowest BCUT2D eigenvalue weighted by Crippen LogP contribution is -2.12.